The third-order valence-corrected chi connectivity index (χ3v) is 6.79. The maximum atomic E-state index is 13.2. The van der Waals surface area contributed by atoms with E-state index in [1.54, 1.807) is 6.07 Å². The van der Waals surface area contributed by atoms with Gasteiger partial charge in [0.25, 0.3) is 11.8 Å². The van der Waals surface area contributed by atoms with E-state index in [2.05, 4.69) is 47.1 Å². The van der Waals surface area contributed by atoms with Crippen LogP contribution < -0.4 is 4.90 Å². The summed E-state index contributed by atoms with van der Waals surface area (Å²) in [5.74, 6) is -0.363. The molecule has 0 bridgehead atoms. The van der Waals surface area contributed by atoms with Gasteiger partial charge in [0.2, 0.25) is 0 Å². The SMILES string of the molecule is C/C(=C\c1ccccc1)CN1CCN(c2cccc3c2C(=O)N(C[C@@H]2CCCO2)C3=O)CC1. The van der Waals surface area contributed by atoms with Crippen molar-refractivity contribution in [2.45, 2.75) is 25.9 Å². The first-order valence-electron chi connectivity index (χ1n) is 11.9. The third-order valence-electron chi connectivity index (χ3n) is 6.79. The van der Waals surface area contributed by atoms with Gasteiger partial charge in [0.15, 0.2) is 0 Å². The summed E-state index contributed by atoms with van der Waals surface area (Å²) >= 11 is 0. The fourth-order valence-corrected chi connectivity index (χ4v) is 5.12. The van der Waals surface area contributed by atoms with Crippen molar-refractivity contribution < 1.29 is 14.3 Å². The van der Waals surface area contributed by atoms with E-state index in [-0.39, 0.29) is 17.9 Å². The molecule has 0 saturated carbocycles. The molecule has 172 valence electrons. The van der Waals surface area contributed by atoms with Crippen LogP contribution in [0.25, 0.3) is 6.08 Å². The van der Waals surface area contributed by atoms with Gasteiger partial charge in [0.1, 0.15) is 0 Å². The summed E-state index contributed by atoms with van der Waals surface area (Å²) in [5, 5.41) is 0. The molecule has 33 heavy (non-hydrogen) atoms. The van der Waals surface area contributed by atoms with Crippen LogP contribution in [0, 0.1) is 0 Å². The molecule has 0 unspecified atom stereocenters. The van der Waals surface area contributed by atoms with Gasteiger partial charge in [0, 0.05) is 39.3 Å². The van der Waals surface area contributed by atoms with Crippen molar-refractivity contribution in [1.29, 1.82) is 0 Å². The molecule has 0 radical (unpaired) electrons. The normalized spacial score (nSPS) is 21.7. The van der Waals surface area contributed by atoms with Crippen LogP contribution in [-0.4, -0.2) is 73.6 Å². The zero-order chi connectivity index (χ0) is 22.8. The third kappa shape index (κ3) is 4.59. The Morgan fingerprint density at radius 3 is 2.52 bits per heavy atom. The molecule has 2 fully saturated rings. The molecular formula is C27H31N3O3. The van der Waals surface area contributed by atoms with Crippen molar-refractivity contribution in [1.82, 2.24) is 9.80 Å². The zero-order valence-electron chi connectivity index (χ0n) is 19.2. The van der Waals surface area contributed by atoms with Gasteiger partial charge in [-0.15, -0.1) is 0 Å². The second-order valence-electron chi connectivity index (χ2n) is 9.22. The van der Waals surface area contributed by atoms with E-state index in [4.69, 9.17) is 4.74 Å². The number of anilines is 1. The molecule has 0 aromatic heterocycles. The molecule has 3 heterocycles. The maximum Gasteiger partial charge on any atom is 0.263 e. The Kier molecular flexibility index (Phi) is 6.29. The van der Waals surface area contributed by atoms with Crippen molar-refractivity contribution in [3.8, 4) is 0 Å². The number of carbonyl (C=O) groups is 2. The lowest BCUT2D eigenvalue weighted by Gasteiger charge is -2.37. The molecule has 3 aliphatic rings. The highest BCUT2D eigenvalue weighted by Gasteiger charge is 2.40. The minimum Gasteiger partial charge on any atom is -0.376 e. The number of nitrogens with zero attached hydrogens (tertiary/aromatic N) is 3. The molecule has 2 aromatic carbocycles. The number of fused-ring (bicyclic) bond motifs is 1. The van der Waals surface area contributed by atoms with Crippen LogP contribution in [0.5, 0.6) is 0 Å². The predicted octanol–water partition coefficient (Wildman–Crippen LogP) is 3.69. The van der Waals surface area contributed by atoms with Crippen LogP contribution in [0.15, 0.2) is 54.1 Å². The highest BCUT2D eigenvalue weighted by atomic mass is 16.5. The van der Waals surface area contributed by atoms with Crippen molar-refractivity contribution >= 4 is 23.6 Å². The number of piperazine rings is 1. The molecule has 6 nitrogen and oxygen atoms in total. The number of hydrogen-bond acceptors (Lipinski definition) is 5. The lowest BCUT2D eigenvalue weighted by Crippen LogP contribution is -2.47. The molecule has 1 atom stereocenters. The summed E-state index contributed by atoms with van der Waals surface area (Å²) in [6.45, 7) is 7.69. The van der Waals surface area contributed by atoms with Gasteiger partial charge >= 0.3 is 0 Å². The van der Waals surface area contributed by atoms with Crippen LogP contribution in [0.2, 0.25) is 0 Å². The second-order valence-corrected chi connectivity index (χ2v) is 9.22. The summed E-state index contributed by atoms with van der Waals surface area (Å²) < 4.78 is 5.67. The summed E-state index contributed by atoms with van der Waals surface area (Å²) in [6, 6.07) is 16.1. The molecular weight excluding hydrogens is 414 g/mol. The van der Waals surface area contributed by atoms with Crippen molar-refractivity contribution in [3.63, 3.8) is 0 Å². The lowest BCUT2D eigenvalue weighted by atomic mass is 10.1. The Balaban J connectivity index is 1.25. The molecule has 5 rings (SSSR count). The topological polar surface area (TPSA) is 53.1 Å². The summed E-state index contributed by atoms with van der Waals surface area (Å²) in [6.07, 6.45) is 4.10. The van der Waals surface area contributed by atoms with E-state index >= 15 is 0 Å². The molecule has 2 amide bonds. The molecule has 0 N–H and O–H groups in total. The Morgan fingerprint density at radius 1 is 1.00 bits per heavy atom. The quantitative estimate of drug-likeness (QED) is 0.635. The van der Waals surface area contributed by atoms with Gasteiger partial charge in [-0.1, -0.05) is 48.0 Å². The highest BCUT2D eigenvalue weighted by Crippen LogP contribution is 2.33. The van der Waals surface area contributed by atoms with Gasteiger partial charge in [0.05, 0.1) is 29.5 Å². The average molecular weight is 446 g/mol. The maximum absolute atomic E-state index is 13.2. The molecule has 3 aliphatic heterocycles. The van der Waals surface area contributed by atoms with E-state index in [0.29, 0.717) is 24.3 Å². The van der Waals surface area contributed by atoms with E-state index in [9.17, 15) is 9.59 Å². The fraction of sp³-hybridized carbons (Fsp3) is 0.407. The Labute approximate surface area is 195 Å². The summed E-state index contributed by atoms with van der Waals surface area (Å²) in [5.41, 5.74) is 4.54. The van der Waals surface area contributed by atoms with Crippen LogP contribution in [0.3, 0.4) is 0 Å². The van der Waals surface area contributed by atoms with Crippen LogP contribution in [0.4, 0.5) is 5.69 Å². The van der Waals surface area contributed by atoms with Crippen LogP contribution >= 0.6 is 0 Å². The lowest BCUT2D eigenvalue weighted by molar-refractivity contribution is 0.0475. The minimum atomic E-state index is -0.187. The van der Waals surface area contributed by atoms with Crippen LogP contribution in [-0.2, 0) is 4.74 Å². The Hall–Kier alpha value is -2.96. The van der Waals surface area contributed by atoms with Gasteiger partial charge in [-0.05, 0) is 37.5 Å². The number of imide groups is 1. The predicted molar refractivity (Wildman–Crippen MR) is 130 cm³/mol. The van der Waals surface area contributed by atoms with E-state index in [1.807, 2.05) is 18.2 Å². The minimum absolute atomic E-state index is 0.0358. The number of ether oxygens (including phenoxy) is 1. The van der Waals surface area contributed by atoms with Gasteiger partial charge in [-0.3, -0.25) is 19.4 Å². The Bertz CT molecular complexity index is 1050. The molecule has 6 heteroatoms. The number of carbonyl (C=O) groups excluding carboxylic acids is 2. The fourth-order valence-electron chi connectivity index (χ4n) is 5.12. The first-order chi connectivity index (χ1) is 16.1. The highest BCUT2D eigenvalue weighted by molar-refractivity contribution is 6.23. The molecule has 2 aromatic rings. The van der Waals surface area contributed by atoms with Gasteiger partial charge < -0.3 is 9.64 Å². The van der Waals surface area contributed by atoms with Crippen molar-refractivity contribution in [3.05, 3.63) is 70.8 Å². The first-order valence-corrected chi connectivity index (χ1v) is 11.9. The standard InChI is InChI=1S/C27H31N3O3/c1-20(17-21-7-3-2-4-8-21)18-28-12-14-29(15-13-28)24-11-5-10-23-25(24)27(32)30(26(23)31)19-22-9-6-16-33-22/h2-5,7-8,10-11,17,22H,6,9,12-16,18-19H2,1H3/b20-17+/t22-/m0/s1. The largest absolute Gasteiger partial charge is 0.376 e. The van der Waals surface area contributed by atoms with E-state index in [1.165, 1.54) is 16.0 Å². The number of amides is 2. The second kappa shape index (κ2) is 9.49. The van der Waals surface area contributed by atoms with Crippen LogP contribution in [0.1, 0.15) is 46.0 Å². The molecule has 0 aliphatic carbocycles. The van der Waals surface area contributed by atoms with Gasteiger partial charge in [-0.2, -0.15) is 0 Å². The molecule has 0 spiro atoms. The monoisotopic (exact) mass is 445 g/mol. The molecule has 2 saturated heterocycles. The number of rotatable bonds is 6. The Morgan fingerprint density at radius 2 is 1.79 bits per heavy atom. The number of hydrogen-bond donors (Lipinski definition) is 0. The average Bonchev–Trinajstić information content (AvgIpc) is 3.43. The van der Waals surface area contributed by atoms with E-state index in [0.717, 1.165) is 51.3 Å². The number of benzene rings is 2. The van der Waals surface area contributed by atoms with Crippen molar-refractivity contribution in [2.75, 3.05) is 50.8 Å². The summed E-state index contributed by atoms with van der Waals surface area (Å²) in [7, 11) is 0. The van der Waals surface area contributed by atoms with E-state index < -0.39 is 0 Å². The smallest absolute Gasteiger partial charge is 0.263 e. The van der Waals surface area contributed by atoms with Crippen molar-refractivity contribution in [2.24, 2.45) is 0 Å². The summed E-state index contributed by atoms with van der Waals surface area (Å²) in [4.78, 5) is 32.3. The first kappa shape index (κ1) is 21.9. The van der Waals surface area contributed by atoms with Gasteiger partial charge in [-0.25, -0.2) is 0 Å². The zero-order valence-corrected chi connectivity index (χ0v) is 19.2.